The number of nitrogens with zero attached hydrogens (tertiary/aromatic N) is 4. The summed E-state index contributed by atoms with van der Waals surface area (Å²) >= 11 is 0. The molecular weight excluding hydrogens is 346 g/mol. The standard InChI is InChI=1S/C19H25N5O3/c1-22(2)19(26)23-9-4-10-24-16(13-23)11-15(21-24)12-20-18(25)14-5-7-17(27-3)8-6-14/h5-8,11H,4,9-10,12-13H2,1-3H3,(H,20,25). The van der Waals surface area contributed by atoms with E-state index in [2.05, 4.69) is 10.4 Å². The molecule has 0 atom stereocenters. The number of amides is 3. The zero-order valence-electron chi connectivity index (χ0n) is 15.9. The van der Waals surface area contributed by atoms with Gasteiger partial charge in [0.2, 0.25) is 0 Å². The Bertz CT molecular complexity index is 813. The Morgan fingerprint density at radius 2 is 1.96 bits per heavy atom. The number of aryl methyl sites for hydroxylation is 1. The minimum absolute atomic E-state index is 0.000918. The second-order valence-corrected chi connectivity index (χ2v) is 6.71. The number of hydrogen-bond donors (Lipinski definition) is 1. The van der Waals surface area contributed by atoms with Gasteiger partial charge in [0.15, 0.2) is 0 Å². The van der Waals surface area contributed by atoms with Crippen LogP contribution in [-0.4, -0.2) is 59.3 Å². The van der Waals surface area contributed by atoms with Crippen molar-refractivity contribution >= 4 is 11.9 Å². The first-order valence-corrected chi connectivity index (χ1v) is 8.92. The number of carbonyl (C=O) groups is 2. The predicted octanol–water partition coefficient (Wildman–Crippen LogP) is 1.71. The molecule has 0 unspecified atom stereocenters. The van der Waals surface area contributed by atoms with Crippen LogP contribution in [0.3, 0.4) is 0 Å². The number of hydrogen-bond acceptors (Lipinski definition) is 4. The van der Waals surface area contributed by atoms with E-state index in [1.807, 2.05) is 15.6 Å². The fourth-order valence-corrected chi connectivity index (χ4v) is 3.07. The fraction of sp³-hybridized carbons (Fsp3) is 0.421. The number of benzene rings is 1. The van der Waals surface area contributed by atoms with E-state index in [1.165, 1.54) is 0 Å². The third-order valence-corrected chi connectivity index (χ3v) is 4.50. The van der Waals surface area contributed by atoms with Gasteiger partial charge in [0.25, 0.3) is 5.91 Å². The highest BCUT2D eigenvalue weighted by Crippen LogP contribution is 2.15. The molecule has 27 heavy (non-hydrogen) atoms. The van der Waals surface area contributed by atoms with Crippen molar-refractivity contribution in [3.05, 3.63) is 47.3 Å². The van der Waals surface area contributed by atoms with Gasteiger partial charge in [-0.05, 0) is 36.8 Å². The van der Waals surface area contributed by atoms with Gasteiger partial charge in [-0.2, -0.15) is 5.10 Å². The number of urea groups is 1. The summed E-state index contributed by atoms with van der Waals surface area (Å²) in [6, 6.07) is 8.91. The smallest absolute Gasteiger partial charge is 0.319 e. The molecule has 144 valence electrons. The number of rotatable bonds is 4. The van der Waals surface area contributed by atoms with Crippen LogP contribution in [0.1, 0.15) is 28.2 Å². The highest BCUT2D eigenvalue weighted by atomic mass is 16.5. The summed E-state index contributed by atoms with van der Waals surface area (Å²) < 4.78 is 7.03. The van der Waals surface area contributed by atoms with Gasteiger partial charge in [0.05, 0.1) is 31.6 Å². The molecule has 8 heteroatoms. The molecule has 0 saturated carbocycles. The highest BCUT2D eigenvalue weighted by Gasteiger charge is 2.21. The Morgan fingerprint density at radius 1 is 1.22 bits per heavy atom. The molecule has 0 saturated heterocycles. The average molecular weight is 371 g/mol. The number of nitrogens with one attached hydrogen (secondary N) is 1. The number of methoxy groups -OCH3 is 1. The topological polar surface area (TPSA) is 79.7 Å². The van der Waals surface area contributed by atoms with E-state index in [4.69, 9.17) is 4.74 Å². The lowest BCUT2D eigenvalue weighted by molar-refractivity contribution is 0.0950. The van der Waals surface area contributed by atoms with Crippen LogP contribution >= 0.6 is 0 Å². The molecule has 0 aliphatic carbocycles. The maximum Gasteiger partial charge on any atom is 0.319 e. The first-order chi connectivity index (χ1) is 13.0. The van der Waals surface area contributed by atoms with Gasteiger partial charge in [-0.1, -0.05) is 0 Å². The minimum Gasteiger partial charge on any atom is -0.497 e. The molecule has 3 amide bonds. The van der Waals surface area contributed by atoms with Gasteiger partial charge in [0, 0.05) is 32.7 Å². The monoisotopic (exact) mass is 371 g/mol. The zero-order valence-corrected chi connectivity index (χ0v) is 15.9. The molecule has 0 spiro atoms. The molecule has 1 aromatic carbocycles. The van der Waals surface area contributed by atoms with Crippen molar-refractivity contribution in [2.45, 2.75) is 26.1 Å². The van der Waals surface area contributed by atoms with E-state index >= 15 is 0 Å². The summed E-state index contributed by atoms with van der Waals surface area (Å²) in [4.78, 5) is 27.9. The van der Waals surface area contributed by atoms with Gasteiger partial charge in [-0.25, -0.2) is 4.79 Å². The molecule has 2 heterocycles. The Hall–Kier alpha value is -3.03. The predicted molar refractivity (Wildman–Crippen MR) is 101 cm³/mol. The third kappa shape index (κ3) is 4.39. The van der Waals surface area contributed by atoms with Crippen molar-refractivity contribution in [3.63, 3.8) is 0 Å². The van der Waals surface area contributed by atoms with Crippen LogP contribution < -0.4 is 10.1 Å². The van der Waals surface area contributed by atoms with Crippen LogP contribution in [0.25, 0.3) is 0 Å². The van der Waals surface area contributed by atoms with Crippen molar-refractivity contribution in [1.29, 1.82) is 0 Å². The molecule has 2 aromatic rings. The van der Waals surface area contributed by atoms with Crippen molar-refractivity contribution < 1.29 is 14.3 Å². The Balaban J connectivity index is 1.63. The normalized spacial score (nSPS) is 13.5. The number of ether oxygens (including phenoxy) is 1. The van der Waals surface area contributed by atoms with E-state index < -0.39 is 0 Å². The zero-order chi connectivity index (χ0) is 19.4. The summed E-state index contributed by atoms with van der Waals surface area (Å²) in [5.41, 5.74) is 2.33. The molecule has 0 bridgehead atoms. The Morgan fingerprint density at radius 3 is 2.63 bits per heavy atom. The van der Waals surface area contributed by atoms with E-state index in [0.29, 0.717) is 30.9 Å². The lowest BCUT2D eigenvalue weighted by atomic mass is 10.2. The van der Waals surface area contributed by atoms with Crippen LogP contribution in [0.15, 0.2) is 30.3 Å². The molecule has 0 radical (unpaired) electrons. The summed E-state index contributed by atoms with van der Waals surface area (Å²) in [5.74, 6) is 0.548. The van der Waals surface area contributed by atoms with Crippen molar-refractivity contribution in [2.24, 2.45) is 0 Å². The van der Waals surface area contributed by atoms with Crippen LogP contribution in [0, 0.1) is 0 Å². The van der Waals surface area contributed by atoms with Crippen molar-refractivity contribution in [2.75, 3.05) is 27.7 Å². The van der Waals surface area contributed by atoms with Gasteiger partial charge in [0.1, 0.15) is 5.75 Å². The van der Waals surface area contributed by atoms with Gasteiger partial charge < -0.3 is 19.9 Å². The van der Waals surface area contributed by atoms with Crippen LogP contribution in [0.5, 0.6) is 5.75 Å². The number of aromatic nitrogens is 2. The maximum atomic E-state index is 12.3. The molecule has 3 rings (SSSR count). The van der Waals surface area contributed by atoms with E-state index in [0.717, 1.165) is 24.4 Å². The summed E-state index contributed by atoms with van der Waals surface area (Å²) in [6.07, 6.45) is 0.853. The van der Waals surface area contributed by atoms with E-state index in [9.17, 15) is 9.59 Å². The fourth-order valence-electron chi connectivity index (χ4n) is 3.07. The summed E-state index contributed by atoms with van der Waals surface area (Å²) in [6.45, 7) is 2.34. The quantitative estimate of drug-likeness (QED) is 0.887. The largest absolute Gasteiger partial charge is 0.497 e. The molecular formula is C19H25N5O3. The minimum atomic E-state index is -0.162. The molecule has 1 aromatic heterocycles. The highest BCUT2D eigenvalue weighted by molar-refractivity contribution is 5.94. The van der Waals surface area contributed by atoms with Crippen molar-refractivity contribution in [1.82, 2.24) is 24.9 Å². The maximum absolute atomic E-state index is 12.3. The number of fused-ring (bicyclic) bond motifs is 1. The summed E-state index contributed by atoms with van der Waals surface area (Å²) in [7, 11) is 5.10. The second kappa shape index (κ2) is 8.11. The van der Waals surface area contributed by atoms with Crippen LogP contribution in [-0.2, 0) is 19.6 Å². The van der Waals surface area contributed by atoms with E-state index in [1.54, 1.807) is 50.4 Å². The Labute approximate surface area is 158 Å². The first-order valence-electron chi connectivity index (χ1n) is 8.92. The van der Waals surface area contributed by atoms with Crippen molar-refractivity contribution in [3.8, 4) is 5.75 Å². The van der Waals surface area contributed by atoms with Gasteiger partial charge in [-0.3, -0.25) is 9.48 Å². The van der Waals surface area contributed by atoms with Gasteiger partial charge >= 0.3 is 6.03 Å². The lowest BCUT2D eigenvalue weighted by Gasteiger charge is -2.23. The summed E-state index contributed by atoms with van der Waals surface area (Å²) in [5, 5.41) is 7.46. The molecule has 0 fully saturated rings. The Kier molecular flexibility index (Phi) is 5.63. The SMILES string of the molecule is COc1ccc(C(=O)NCc2cc3n(n2)CCCN(C(=O)N(C)C)C3)cc1. The van der Waals surface area contributed by atoms with Crippen LogP contribution in [0.2, 0.25) is 0 Å². The lowest BCUT2D eigenvalue weighted by Crippen LogP contribution is -2.38. The van der Waals surface area contributed by atoms with E-state index in [-0.39, 0.29) is 11.9 Å². The average Bonchev–Trinajstić information content (AvgIpc) is 2.95. The molecule has 1 N–H and O–H groups in total. The molecule has 1 aliphatic rings. The second-order valence-electron chi connectivity index (χ2n) is 6.71. The third-order valence-electron chi connectivity index (χ3n) is 4.50. The number of carbonyl (C=O) groups excluding carboxylic acids is 2. The molecule has 1 aliphatic heterocycles. The van der Waals surface area contributed by atoms with Crippen LogP contribution in [0.4, 0.5) is 4.79 Å². The first kappa shape index (κ1) is 18.8. The van der Waals surface area contributed by atoms with Gasteiger partial charge in [-0.15, -0.1) is 0 Å². The molecule has 8 nitrogen and oxygen atoms in total.